The lowest BCUT2D eigenvalue weighted by atomic mass is 9.85. The van der Waals surface area contributed by atoms with Gasteiger partial charge in [0, 0.05) is 10.8 Å². The molecule has 9 aromatic carbocycles. The van der Waals surface area contributed by atoms with E-state index < -0.39 is 84.1 Å². The first kappa shape index (κ1) is 17.6. The van der Waals surface area contributed by atoms with Crippen LogP contribution in [-0.4, -0.2) is 0 Å². The minimum Gasteiger partial charge on any atom is -0.456 e. The van der Waals surface area contributed by atoms with Crippen molar-refractivity contribution in [3.05, 3.63) is 182 Å². The average Bonchev–Trinajstić information content (AvgIpc) is 3.67. The van der Waals surface area contributed by atoms with Crippen molar-refractivity contribution in [1.82, 2.24) is 0 Å². The lowest BCUT2D eigenvalue weighted by Gasteiger charge is -2.18. The number of benzene rings is 9. The lowest BCUT2D eigenvalue weighted by molar-refractivity contribution is 0.669. The van der Waals surface area contributed by atoms with E-state index in [-0.39, 0.29) is 32.7 Å². The van der Waals surface area contributed by atoms with Gasteiger partial charge in [0.25, 0.3) is 0 Å². The minimum absolute atomic E-state index is 0.0695. The van der Waals surface area contributed by atoms with Crippen molar-refractivity contribution < 1.29 is 22.2 Å². The van der Waals surface area contributed by atoms with Crippen LogP contribution >= 0.6 is 0 Å². The predicted octanol–water partition coefficient (Wildman–Crippen LogP) is 13.7. The molecule has 49 heavy (non-hydrogen) atoms. The highest BCUT2D eigenvalue weighted by Gasteiger charge is 2.18. The maximum absolute atomic E-state index is 9.31. The first-order valence-electron chi connectivity index (χ1n) is 22.3. The van der Waals surface area contributed by atoms with Crippen LogP contribution in [0.25, 0.3) is 98.8 Å². The highest BCUT2D eigenvalue weighted by Crippen LogP contribution is 2.45. The fourth-order valence-corrected chi connectivity index (χ4v) is 7.08. The lowest BCUT2D eigenvalue weighted by Crippen LogP contribution is -1.91. The Morgan fingerprint density at radius 1 is 0.367 bits per heavy atom. The number of hydrogen-bond donors (Lipinski definition) is 0. The molecule has 0 bridgehead atoms. The smallest absolute Gasteiger partial charge is 0.136 e. The quantitative estimate of drug-likeness (QED) is 0.175. The maximum Gasteiger partial charge on any atom is 0.136 e. The van der Waals surface area contributed by atoms with Crippen molar-refractivity contribution in [2.45, 2.75) is 0 Å². The van der Waals surface area contributed by atoms with Gasteiger partial charge in [0.05, 0.1) is 17.8 Å². The number of hydrogen-bond acceptors (Lipinski definition) is 1. The maximum atomic E-state index is 9.31. The summed E-state index contributed by atoms with van der Waals surface area (Å²) in [5, 5.41) is 3.20. The zero-order valence-electron chi connectivity index (χ0n) is 38.7. The molecule has 0 unspecified atom stereocenters. The van der Waals surface area contributed by atoms with Crippen LogP contribution in [0.4, 0.5) is 0 Å². The Hall–Kier alpha value is -6.44. The number of furan rings is 1. The summed E-state index contributed by atoms with van der Waals surface area (Å²) < 4.78 is 122. The van der Waals surface area contributed by atoms with Crippen LogP contribution in [0.3, 0.4) is 0 Å². The molecule has 10 rings (SSSR count). The topological polar surface area (TPSA) is 13.1 Å². The van der Waals surface area contributed by atoms with Crippen molar-refractivity contribution in [3.8, 4) is 44.5 Å². The molecule has 0 aliphatic rings. The zero-order valence-corrected chi connectivity index (χ0v) is 25.7. The molecule has 0 fully saturated rings. The average molecular weight is 636 g/mol. The van der Waals surface area contributed by atoms with E-state index >= 15 is 0 Å². The van der Waals surface area contributed by atoms with Crippen LogP contribution in [0.1, 0.15) is 17.8 Å². The molecule has 0 saturated carbocycles. The summed E-state index contributed by atoms with van der Waals surface area (Å²) in [5.41, 5.74) is 4.51. The number of fused-ring (bicyclic) bond motifs is 6. The SMILES string of the molecule is [2H]c1c([2H])c([2H])c(-c2c3c([2H])c([2H])c([2H])c([2H])c3c(-c3cccc(-c4ccc5oc6cccc(-c7cccc8ccccc78)c6c5c4)c3)c3c([2H])c([2H])c([2H])c([2H])c23)c([2H])c1[2H]. The first-order valence-corrected chi connectivity index (χ1v) is 15.8. The second kappa shape index (κ2) is 11.1. The third kappa shape index (κ3) is 4.40. The second-order valence-electron chi connectivity index (χ2n) is 11.8. The van der Waals surface area contributed by atoms with Gasteiger partial charge < -0.3 is 4.42 Å². The molecule has 0 aliphatic carbocycles. The Kier molecular flexibility index (Phi) is 3.99. The molecule has 1 nitrogen and oxygen atoms in total. The van der Waals surface area contributed by atoms with Crippen LogP contribution in [-0.2, 0) is 0 Å². The van der Waals surface area contributed by atoms with E-state index in [0.29, 0.717) is 22.3 Å². The predicted molar refractivity (Wildman–Crippen MR) is 208 cm³/mol. The van der Waals surface area contributed by atoms with Gasteiger partial charge in [-0.05, 0) is 101 Å². The molecule has 0 amide bonds. The molecule has 1 aromatic heterocycles. The molecular weight excluding hydrogens is 593 g/mol. The molecule has 1 heterocycles. The molecule has 0 saturated heterocycles. The van der Waals surface area contributed by atoms with Crippen LogP contribution < -0.4 is 0 Å². The molecule has 0 radical (unpaired) electrons. The summed E-state index contributed by atoms with van der Waals surface area (Å²) in [6, 6.07) is 24.9. The van der Waals surface area contributed by atoms with Gasteiger partial charge in [0.15, 0.2) is 0 Å². The third-order valence-electron chi connectivity index (χ3n) is 9.18. The normalized spacial score (nSPS) is 15.4. The first-order chi connectivity index (χ1) is 29.7. The Morgan fingerprint density at radius 2 is 0.959 bits per heavy atom. The van der Waals surface area contributed by atoms with E-state index in [1.807, 2.05) is 54.6 Å². The second-order valence-corrected chi connectivity index (χ2v) is 11.8. The summed E-state index contributed by atoms with van der Waals surface area (Å²) in [6.45, 7) is 0. The monoisotopic (exact) mass is 635 g/mol. The van der Waals surface area contributed by atoms with Gasteiger partial charge in [0.2, 0.25) is 0 Å². The Bertz CT molecular complexity index is 3510. The Morgan fingerprint density at radius 3 is 1.73 bits per heavy atom. The van der Waals surface area contributed by atoms with Crippen LogP contribution in [0.5, 0.6) is 0 Å². The van der Waals surface area contributed by atoms with Gasteiger partial charge >= 0.3 is 0 Å². The minimum atomic E-state index is -0.715. The van der Waals surface area contributed by atoms with Crippen LogP contribution in [0, 0.1) is 0 Å². The molecule has 228 valence electrons. The summed E-state index contributed by atoms with van der Waals surface area (Å²) in [4.78, 5) is 0. The van der Waals surface area contributed by atoms with E-state index in [2.05, 4.69) is 30.3 Å². The van der Waals surface area contributed by atoms with Gasteiger partial charge in [-0.3, -0.25) is 0 Å². The van der Waals surface area contributed by atoms with E-state index in [1.165, 1.54) is 0 Å². The summed E-state index contributed by atoms with van der Waals surface area (Å²) >= 11 is 0. The van der Waals surface area contributed by atoms with Gasteiger partial charge in [-0.1, -0.05) is 157 Å². The van der Waals surface area contributed by atoms with Gasteiger partial charge in [-0.25, -0.2) is 0 Å². The summed E-state index contributed by atoms with van der Waals surface area (Å²) in [7, 11) is 0. The highest BCUT2D eigenvalue weighted by atomic mass is 16.3. The molecular formula is C48H30O. The van der Waals surface area contributed by atoms with Crippen molar-refractivity contribution >= 4 is 54.3 Å². The van der Waals surface area contributed by atoms with E-state index in [9.17, 15) is 5.48 Å². The Balaban J connectivity index is 1.30. The molecule has 0 aliphatic heterocycles. The summed E-state index contributed by atoms with van der Waals surface area (Å²) in [5.74, 6) is 0. The van der Waals surface area contributed by atoms with E-state index in [4.69, 9.17) is 16.8 Å². The molecule has 10 aromatic rings. The van der Waals surface area contributed by atoms with Gasteiger partial charge in [-0.15, -0.1) is 0 Å². The zero-order chi connectivity index (χ0) is 43.6. The highest BCUT2D eigenvalue weighted by molar-refractivity contribution is 6.21. The number of rotatable bonds is 4. The Labute approximate surface area is 302 Å². The van der Waals surface area contributed by atoms with Crippen molar-refractivity contribution in [2.24, 2.45) is 0 Å². The summed E-state index contributed by atoms with van der Waals surface area (Å²) in [6.07, 6.45) is 0. The van der Waals surface area contributed by atoms with Gasteiger partial charge in [0.1, 0.15) is 11.2 Å². The van der Waals surface area contributed by atoms with Gasteiger partial charge in [-0.2, -0.15) is 0 Å². The van der Waals surface area contributed by atoms with E-state index in [1.54, 1.807) is 18.2 Å². The van der Waals surface area contributed by atoms with Crippen LogP contribution in [0.2, 0.25) is 0 Å². The fourth-order valence-electron chi connectivity index (χ4n) is 7.08. The van der Waals surface area contributed by atoms with Crippen molar-refractivity contribution in [2.75, 3.05) is 0 Å². The largest absolute Gasteiger partial charge is 0.456 e. The molecule has 0 N–H and O–H groups in total. The van der Waals surface area contributed by atoms with Crippen molar-refractivity contribution in [3.63, 3.8) is 0 Å². The molecule has 1 heteroatoms. The molecule has 0 atom stereocenters. The standard InChI is InChI=1S/C48H30O/c1-2-14-32(15-3-1)46-39-20-6-8-22-41(39)47(42-23-9-7-21-40(42)46)35-18-10-17-33(29-35)34-27-28-44-43(30-34)48-38(25-12-26-45(48)49-44)37-24-11-16-31-13-4-5-19-36(31)37/h1-30H/i1D,2D,3D,6D,7D,8D,9D,14D,15D,20D,21D,22D,23D. The van der Waals surface area contributed by atoms with Crippen molar-refractivity contribution in [1.29, 1.82) is 0 Å². The third-order valence-corrected chi connectivity index (χ3v) is 9.18. The van der Waals surface area contributed by atoms with E-state index in [0.717, 1.165) is 38.2 Å². The van der Waals surface area contributed by atoms with Crippen LogP contribution in [0.15, 0.2) is 186 Å². The molecule has 0 spiro atoms. The fraction of sp³-hybridized carbons (Fsp3) is 0.